The van der Waals surface area contributed by atoms with Crippen LogP contribution in [0.1, 0.15) is 39.6 Å². The van der Waals surface area contributed by atoms with E-state index in [1.54, 1.807) is 24.3 Å². The molecule has 3 N–H and O–H groups in total. The number of carboxylic acid groups (broad SMARTS) is 1. The highest BCUT2D eigenvalue weighted by molar-refractivity contribution is 7.10. The Kier molecular flexibility index (Phi) is 5.73. The van der Waals surface area contributed by atoms with E-state index < -0.39 is 11.9 Å². The van der Waals surface area contributed by atoms with Crippen LogP contribution in [0.5, 0.6) is 11.5 Å². The van der Waals surface area contributed by atoms with Crippen LogP contribution in [0.4, 0.5) is 11.4 Å². The summed E-state index contributed by atoms with van der Waals surface area (Å²) in [4.78, 5) is 37.4. The Morgan fingerprint density at radius 1 is 1.13 bits per heavy atom. The molecule has 1 aliphatic heterocycles. The summed E-state index contributed by atoms with van der Waals surface area (Å²) in [6.07, 6.45) is -0.108. The summed E-state index contributed by atoms with van der Waals surface area (Å²) in [6, 6.07) is 14.0. The van der Waals surface area contributed by atoms with Gasteiger partial charge in [-0.1, -0.05) is 12.1 Å². The van der Waals surface area contributed by atoms with E-state index in [1.807, 2.05) is 36.6 Å². The maximum Gasteiger partial charge on any atom is 0.304 e. The third-order valence-electron chi connectivity index (χ3n) is 4.91. The van der Waals surface area contributed by atoms with E-state index in [1.165, 1.54) is 11.3 Å². The lowest BCUT2D eigenvalue weighted by Gasteiger charge is -2.14. The average Bonchev–Trinajstić information content (AvgIpc) is 3.20. The standard InChI is InChI=1S/C23H20N2O5S/c1-13-4-6-19-17(9-13)25-23(29)16-12-15(5-7-18(16)30-19)24-21(26)10-14(11-22(27)28)20-3-2-8-31-20/h2-9,12,14H,10-11H2,1H3,(H,24,26)(H,25,29)(H,27,28)/t14-/m1/s1. The van der Waals surface area contributed by atoms with Crippen molar-refractivity contribution in [2.75, 3.05) is 10.6 Å². The number of carbonyl (C=O) groups is 3. The molecular weight excluding hydrogens is 416 g/mol. The van der Waals surface area contributed by atoms with Crippen LogP contribution < -0.4 is 15.4 Å². The molecule has 0 spiro atoms. The Morgan fingerprint density at radius 3 is 2.68 bits per heavy atom. The number of ether oxygens (including phenoxy) is 1. The van der Waals surface area contributed by atoms with Gasteiger partial charge in [-0.05, 0) is 54.3 Å². The molecule has 0 fully saturated rings. The number of rotatable bonds is 6. The summed E-state index contributed by atoms with van der Waals surface area (Å²) in [5.41, 5.74) is 2.30. The number of anilines is 2. The first-order valence-corrected chi connectivity index (χ1v) is 10.6. The van der Waals surface area contributed by atoms with Crippen molar-refractivity contribution in [2.24, 2.45) is 0 Å². The van der Waals surface area contributed by atoms with Crippen LogP contribution in [-0.2, 0) is 9.59 Å². The van der Waals surface area contributed by atoms with Crippen molar-refractivity contribution in [1.82, 2.24) is 0 Å². The van der Waals surface area contributed by atoms with E-state index in [2.05, 4.69) is 10.6 Å². The molecule has 0 saturated carbocycles. The lowest BCUT2D eigenvalue weighted by molar-refractivity contribution is -0.137. The molecule has 0 unspecified atom stereocenters. The van der Waals surface area contributed by atoms with Gasteiger partial charge in [0.15, 0.2) is 5.75 Å². The quantitative estimate of drug-likeness (QED) is 0.504. The van der Waals surface area contributed by atoms with Crippen molar-refractivity contribution in [3.8, 4) is 11.5 Å². The molecule has 0 radical (unpaired) electrons. The van der Waals surface area contributed by atoms with Gasteiger partial charge in [-0.3, -0.25) is 14.4 Å². The SMILES string of the molecule is Cc1ccc2c(c1)NC(=O)c1cc(NC(=O)C[C@H](CC(=O)O)c3cccs3)ccc1O2. The first kappa shape index (κ1) is 20.6. The van der Waals surface area contributed by atoms with Crippen molar-refractivity contribution < 1.29 is 24.2 Å². The second-order valence-electron chi connectivity index (χ2n) is 7.33. The van der Waals surface area contributed by atoms with Crippen LogP contribution in [0.25, 0.3) is 0 Å². The van der Waals surface area contributed by atoms with Gasteiger partial charge in [0.25, 0.3) is 5.91 Å². The number of amides is 2. The molecular formula is C23H20N2O5S. The van der Waals surface area contributed by atoms with Crippen molar-refractivity contribution in [1.29, 1.82) is 0 Å². The number of carbonyl (C=O) groups excluding carboxylic acids is 2. The molecule has 4 rings (SSSR count). The van der Waals surface area contributed by atoms with Gasteiger partial charge >= 0.3 is 5.97 Å². The molecule has 0 bridgehead atoms. The number of aryl methyl sites for hydroxylation is 1. The van der Waals surface area contributed by atoms with Crippen molar-refractivity contribution in [3.63, 3.8) is 0 Å². The van der Waals surface area contributed by atoms with Crippen LogP contribution in [-0.4, -0.2) is 22.9 Å². The summed E-state index contributed by atoms with van der Waals surface area (Å²) < 4.78 is 5.89. The summed E-state index contributed by atoms with van der Waals surface area (Å²) in [5.74, 6) is -1.10. The van der Waals surface area contributed by atoms with Gasteiger partial charge in [-0.25, -0.2) is 0 Å². The zero-order valence-corrected chi connectivity index (χ0v) is 17.5. The van der Waals surface area contributed by atoms with Crippen LogP contribution in [0.2, 0.25) is 0 Å². The topological polar surface area (TPSA) is 105 Å². The van der Waals surface area contributed by atoms with E-state index in [0.29, 0.717) is 28.4 Å². The molecule has 158 valence electrons. The number of carboxylic acids is 1. The lowest BCUT2D eigenvalue weighted by Crippen LogP contribution is -2.18. The Morgan fingerprint density at radius 2 is 1.94 bits per heavy atom. The van der Waals surface area contributed by atoms with Gasteiger partial charge in [0.2, 0.25) is 5.91 Å². The molecule has 0 aliphatic carbocycles. The Labute approximate surface area is 182 Å². The van der Waals surface area contributed by atoms with E-state index >= 15 is 0 Å². The zero-order valence-electron chi connectivity index (χ0n) is 16.7. The average molecular weight is 436 g/mol. The number of nitrogens with one attached hydrogen (secondary N) is 2. The predicted octanol–water partition coefficient (Wildman–Crippen LogP) is 5.00. The smallest absolute Gasteiger partial charge is 0.304 e. The van der Waals surface area contributed by atoms with Gasteiger partial charge < -0.3 is 20.5 Å². The number of thiophene rings is 1. The van der Waals surface area contributed by atoms with Crippen LogP contribution in [0.15, 0.2) is 53.9 Å². The summed E-state index contributed by atoms with van der Waals surface area (Å²) in [6.45, 7) is 1.92. The van der Waals surface area contributed by atoms with E-state index in [4.69, 9.17) is 4.74 Å². The molecule has 2 amide bonds. The maximum atomic E-state index is 12.7. The fourth-order valence-corrected chi connectivity index (χ4v) is 4.29. The van der Waals surface area contributed by atoms with Gasteiger partial charge in [-0.15, -0.1) is 11.3 Å². The number of fused-ring (bicyclic) bond motifs is 2. The number of aliphatic carboxylic acids is 1. The fraction of sp³-hybridized carbons (Fsp3) is 0.174. The molecule has 1 aliphatic rings. The van der Waals surface area contributed by atoms with E-state index in [0.717, 1.165) is 10.4 Å². The van der Waals surface area contributed by atoms with Crippen LogP contribution >= 0.6 is 11.3 Å². The van der Waals surface area contributed by atoms with Crippen molar-refractivity contribution in [3.05, 3.63) is 69.9 Å². The second kappa shape index (κ2) is 8.61. The largest absolute Gasteiger partial charge is 0.481 e. The van der Waals surface area contributed by atoms with Gasteiger partial charge in [-0.2, -0.15) is 0 Å². The minimum atomic E-state index is -0.958. The molecule has 2 aromatic carbocycles. The summed E-state index contributed by atoms with van der Waals surface area (Å²) >= 11 is 1.42. The molecule has 31 heavy (non-hydrogen) atoms. The summed E-state index contributed by atoms with van der Waals surface area (Å²) in [7, 11) is 0. The highest BCUT2D eigenvalue weighted by Crippen LogP contribution is 2.37. The molecule has 2 heterocycles. The summed E-state index contributed by atoms with van der Waals surface area (Å²) in [5, 5.41) is 16.6. The first-order chi connectivity index (χ1) is 14.9. The molecule has 1 aromatic heterocycles. The number of benzene rings is 2. The normalized spacial score (nSPS) is 13.1. The minimum absolute atomic E-state index is 0.0251. The zero-order chi connectivity index (χ0) is 22.0. The maximum absolute atomic E-state index is 12.7. The van der Waals surface area contributed by atoms with Crippen molar-refractivity contribution in [2.45, 2.75) is 25.7 Å². The monoisotopic (exact) mass is 436 g/mol. The highest BCUT2D eigenvalue weighted by atomic mass is 32.1. The fourth-order valence-electron chi connectivity index (χ4n) is 3.46. The number of hydrogen-bond donors (Lipinski definition) is 3. The van der Waals surface area contributed by atoms with E-state index in [-0.39, 0.29) is 24.7 Å². The van der Waals surface area contributed by atoms with E-state index in [9.17, 15) is 19.5 Å². The van der Waals surface area contributed by atoms with Crippen LogP contribution in [0, 0.1) is 6.92 Å². The Bertz CT molecular complexity index is 1160. The third kappa shape index (κ3) is 4.75. The lowest BCUT2D eigenvalue weighted by atomic mass is 9.99. The molecule has 0 saturated heterocycles. The first-order valence-electron chi connectivity index (χ1n) is 9.68. The second-order valence-corrected chi connectivity index (χ2v) is 8.31. The van der Waals surface area contributed by atoms with Crippen molar-refractivity contribution >= 4 is 40.5 Å². The highest BCUT2D eigenvalue weighted by Gasteiger charge is 2.23. The van der Waals surface area contributed by atoms with Gasteiger partial charge in [0, 0.05) is 22.9 Å². The Balaban J connectivity index is 1.51. The molecule has 8 heteroatoms. The molecule has 7 nitrogen and oxygen atoms in total. The molecule has 1 atom stereocenters. The molecule has 3 aromatic rings. The van der Waals surface area contributed by atoms with Crippen LogP contribution in [0.3, 0.4) is 0 Å². The third-order valence-corrected chi connectivity index (χ3v) is 5.94. The van der Waals surface area contributed by atoms with Gasteiger partial charge in [0.05, 0.1) is 17.7 Å². The van der Waals surface area contributed by atoms with Gasteiger partial charge in [0.1, 0.15) is 5.75 Å². The minimum Gasteiger partial charge on any atom is -0.481 e. The predicted molar refractivity (Wildman–Crippen MR) is 118 cm³/mol. The Hall–Kier alpha value is -3.65. The number of hydrogen-bond acceptors (Lipinski definition) is 5.